The summed E-state index contributed by atoms with van der Waals surface area (Å²) < 4.78 is 6.20. The number of carboxylic acids is 1. The van der Waals surface area contributed by atoms with Gasteiger partial charge in [0.2, 0.25) is 0 Å². The molecule has 0 aliphatic carbocycles. The van der Waals surface area contributed by atoms with E-state index in [-0.39, 0.29) is 12.2 Å². The summed E-state index contributed by atoms with van der Waals surface area (Å²) in [6.07, 6.45) is 3.71. The number of hydrogen-bond acceptors (Lipinski definition) is 5. The van der Waals surface area contributed by atoms with Crippen molar-refractivity contribution in [1.82, 2.24) is 4.98 Å². The van der Waals surface area contributed by atoms with E-state index >= 15 is 0 Å². The van der Waals surface area contributed by atoms with Crippen molar-refractivity contribution in [2.45, 2.75) is 0 Å². The molecule has 2 aromatic carbocycles. The fourth-order valence-electron chi connectivity index (χ4n) is 2.17. The molecule has 0 saturated heterocycles. The van der Waals surface area contributed by atoms with Gasteiger partial charge in [0, 0.05) is 5.56 Å². The van der Waals surface area contributed by atoms with E-state index in [1.54, 1.807) is 24.3 Å². The predicted octanol–water partition coefficient (Wildman–Crippen LogP) is 4.07. The van der Waals surface area contributed by atoms with Crippen molar-refractivity contribution in [2.75, 3.05) is 6.61 Å². The number of ether oxygens (including phenoxy) is 1. The highest BCUT2D eigenvalue weighted by Gasteiger charge is 2.07. The molecule has 0 radical (unpaired) electrons. The Labute approximate surface area is 142 Å². The third-order valence-electron chi connectivity index (χ3n) is 3.27. The molecule has 0 unspecified atom stereocenters. The van der Waals surface area contributed by atoms with Gasteiger partial charge in [-0.05, 0) is 36.4 Å². The average molecular weight is 336 g/mol. The van der Waals surface area contributed by atoms with Gasteiger partial charge in [-0.1, -0.05) is 18.2 Å². The highest BCUT2D eigenvalue weighted by molar-refractivity contribution is 7.19. The second-order valence-electron chi connectivity index (χ2n) is 4.86. The van der Waals surface area contributed by atoms with Crippen LogP contribution < -0.4 is 4.74 Å². The van der Waals surface area contributed by atoms with Crippen molar-refractivity contribution < 1.29 is 14.6 Å². The Hall–Kier alpha value is -3.17. The van der Waals surface area contributed by atoms with Crippen LogP contribution in [0.25, 0.3) is 22.4 Å². The van der Waals surface area contributed by atoms with E-state index in [0.717, 1.165) is 20.8 Å². The number of thiazole rings is 1. The van der Waals surface area contributed by atoms with Crippen molar-refractivity contribution in [3.63, 3.8) is 0 Å². The molecule has 118 valence electrons. The van der Waals surface area contributed by atoms with Gasteiger partial charge >= 0.3 is 5.97 Å². The maximum Gasteiger partial charge on any atom is 0.335 e. The van der Waals surface area contributed by atoms with Crippen molar-refractivity contribution in [1.29, 1.82) is 5.26 Å². The zero-order valence-electron chi connectivity index (χ0n) is 12.5. The summed E-state index contributed by atoms with van der Waals surface area (Å²) in [5.41, 5.74) is 1.86. The van der Waals surface area contributed by atoms with Crippen molar-refractivity contribution in [2.24, 2.45) is 0 Å². The molecule has 3 aromatic rings. The Morgan fingerprint density at radius 2 is 2.12 bits per heavy atom. The highest BCUT2D eigenvalue weighted by Crippen LogP contribution is 2.26. The van der Waals surface area contributed by atoms with Crippen LogP contribution in [0.15, 0.2) is 42.5 Å². The second-order valence-corrected chi connectivity index (χ2v) is 5.92. The number of para-hydroxylation sites is 1. The quantitative estimate of drug-likeness (QED) is 0.759. The molecule has 0 atom stereocenters. The molecule has 0 aliphatic heterocycles. The number of aromatic nitrogens is 1. The number of carboxylic acid groups (broad SMARTS) is 1. The van der Waals surface area contributed by atoms with Crippen LogP contribution in [0.2, 0.25) is 0 Å². The van der Waals surface area contributed by atoms with Crippen molar-refractivity contribution in [3.8, 4) is 11.8 Å². The lowest BCUT2D eigenvalue weighted by atomic mass is 10.2. The molecule has 24 heavy (non-hydrogen) atoms. The summed E-state index contributed by atoms with van der Waals surface area (Å²) >= 11 is 1.42. The second kappa shape index (κ2) is 6.94. The molecule has 0 fully saturated rings. The largest absolute Gasteiger partial charge is 0.478 e. The fourth-order valence-corrected chi connectivity index (χ4v) is 3.08. The Morgan fingerprint density at radius 3 is 2.92 bits per heavy atom. The van der Waals surface area contributed by atoms with Gasteiger partial charge in [-0.2, -0.15) is 5.26 Å². The molecule has 0 saturated carbocycles. The number of hydrogen-bond donors (Lipinski definition) is 1. The van der Waals surface area contributed by atoms with Gasteiger partial charge in [0.05, 0.1) is 15.8 Å². The van der Waals surface area contributed by atoms with Crippen LogP contribution in [0.3, 0.4) is 0 Å². The summed E-state index contributed by atoms with van der Waals surface area (Å²) in [4.78, 5) is 15.5. The van der Waals surface area contributed by atoms with Gasteiger partial charge in [-0.3, -0.25) is 0 Å². The number of fused-ring (bicyclic) bond motifs is 1. The number of nitrogens with zero attached hydrogens (tertiary/aromatic N) is 2. The van der Waals surface area contributed by atoms with Crippen LogP contribution in [0.4, 0.5) is 0 Å². The van der Waals surface area contributed by atoms with Crippen LogP contribution >= 0.6 is 11.3 Å². The molecule has 3 rings (SSSR count). The van der Waals surface area contributed by atoms with Crippen LogP contribution in [0.1, 0.15) is 20.9 Å². The minimum Gasteiger partial charge on any atom is -0.478 e. The van der Waals surface area contributed by atoms with Gasteiger partial charge in [-0.25, -0.2) is 9.78 Å². The van der Waals surface area contributed by atoms with E-state index < -0.39 is 5.97 Å². The third-order valence-corrected chi connectivity index (χ3v) is 4.25. The van der Waals surface area contributed by atoms with Gasteiger partial charge < -0.3 is 9.84 Å². The summed E-state index contributed by atoms with van der Waals surface area (Å²) in [6.45, 7) is -0.00996. The van der Waals surface area contributed by atoms with Gasteiger partial charge in [-0.15, -0.1) is 11.3 Å². The zero-order chi connectivity index (χ0) is 16.9. The lowest BCUT2D eigenvalue weighted by molar-refractivity contribution is 0.0697. The SMILES string of the molecule is N#CCOc1ccccc1C=Cc1nc2ccc(C(=O)O)cc2s1. The molecule has 1 heterocycles. The zero-order valence-corrected chi connectivity index (χ0v) is 13.3. The Kier molecular flexibility index (Phi) is 4.54. The molecule has 1 aromatic heterocycles. The lowest BCUT2D eigenvalue weighted by Gasteiger charge is -2.04. The lowest BCUT2D eigenvalue weighted by Crippen LogP contribution is -1.94. The first-order valence-corrected chi connectivity index (χ1v) is 7.90. The monoisotopic (exact) mass is 336 g/mol. The van der Waals surface area contributed by atoms with Gasteiger partial charge in [0.25, 0.3) is 0 Å². The maximum atomic E-state index is 11.0. The highest BCUT2D eigenvalue weighted by atomic mass is 32.1. The summed E-state index contributed by atoms with van der Waals surface area (Å²) in [5.74, 6) is -0.324. The number of benzene rings is 2. The van der Waals surface area contributed by atoms with E-state index in [1.165, 1.54) is 11.3 Å². The minimum atomic E-state index is -0.953. The van der Waals surface area contributed by atoms with E-state index in [4.69, 9.17) is 15.1 Å². The first-order chi connectivity index (χ1) is 11.7. The molecule has 5 nitrogen and oxygen atoms in total. The topological polar surface area (TPSA) is 83.2 Å². The average Bonchev–Trinajstić information content (AvgIpc) is 3.00. The van der Waals surface area contributed by atoms with Crippen LogP contribution in [-0.4, -0.2) is 22.7 Å². The minimum absolute atomic E-state index is 0.00996. The van der Waals surface area contributed by atoms with Gasteiger partial charge in [0.15, 0.2) is 6.61 Å². The first-order valence-electron chi connectivity index (χ1n) is 7.08. The van der Waals surface area contributed by atoms with E-state index in [1.807, 2.05) is 36.4 Å². The Bertz CT molecular complexity index is 970. The smallest absolute Gasteiger partial charge is 0.335 e. The number of carbonyl (C=O) groups is 1. The standard InChI is InChI=1S/C18H12N2O3S/c19-9-10-23-15-4-2-1-3-12(15)6-8-17-20-14-7-5-13(18(21)22)11-16(14)24-17/h1-8,11H,10H2,(H,21,22). The molecule has 1 N–H and O–H groups in total. The molecule has 0 aliphatic rings. The van der Waals surface area contributed by atoms with E-state index in [9.17, 15) is 4.79 Å². The van der Waals surface area contributed by atoms with Crippen molar-refractivity contribution in [3.05, 3.63) is 58.6 Å². The number of aromatic carboxylic acids is 1. The first kappa shape index (κ1) is 15.7. The summed E-state index contributed by atoms with van der Waals surface area (Å²) in [6, 6.07) is 14.2. The van der Waals surface area contributed by atoms with Crippen molar-refractivity contribution >= 4 is 39.7 Å². The van der Waals surface area contributed by atoms with E-state index in [2.05, 4.69) is 4.98 Å². The molecular weight excluding hydrogens is 324 g/mol. The molecular formula is C18H12N2O3S. The fraction of sp³-hybridized carbons (Fsp3) is 0.0556. The van der Waals surface area contributed by atoms with Crippen LogP contribution in [-0.2, 0) is 0 Å². The molecule has 0 bridgehead atoms. The number of nitriles is 1. The Morgan fingerprint density at radius 1 is 1.29 bits per heavy atom. The molecule has 0 amide bonds. The summed E-state index contributed by atoms with van der Waals surface area (Å²) in [7, 11) is 0. The van der Waals surface area contributed by atoms with Crippen LogP contribution in [0, 0.1) is 11.3 Å². The van der Waals surface area contributed by atoms with Gasteiger partial charge in [0.1, 0.15) is 16.8 Å². The molecule has 6 heteroatoms. The summed E-state index contributed by atoms with van der Waals surface area (Å²) in [5, 5.41) is 18.4. The Balaban J connectivity index is 1.88. The van der Waals surface area contributed by atoms with Crippen LogP contribution in [0.5, 0.6) is 5.75 Å². The van der Waals surface area contributed by atoms with E-state index in [0.29, 0.717) is 5.75 Å². The number of rotatable bonds is 5. The predicted molar refractivity (Wildman–Crippen MR) is 93.1 cm³/mol. The normalized spacial score (nSPS) is 10.8. The molecule has 0 spiro atoms. The third kappa shape index (κ3) is 3.42. The maximum absolute atomic E-state index is 11.0.